The Labute approximate surface area is 130 Å². The molecule has 1 aliphatic rings. The van der Waals surface area contributed by atoms with E-state index in [4.69, 9.17) is 0 Å². The fourth-order valence-electron chi connectivity index (χ4n) is 3.11. The lowest BCUT2D eigenvalue weighted by Gasteiger charge is -2.37. The van der Waals surface area contributed by atoms with E-state index in [2.05, 4.69) is 36.0 Å². The second-order valence-corrected chi connectivity index (χ2v) is 7.14. The first kappa shape index (κ1) is 14.5. The summed E-state index contributed by atoms with van der Waals surface area (Å²) in [5, 5.41) is 1.17. The summed E-state index contributed by atoms with van der Waals surface area (Å²) < 4.78 is 1.20. The van der Waals surface area contributed by atoms with Gasteiger partial charge in [0.05, 0.1) is 4.88 Å². The van der Waals surface area contributed by atoms with E-state index in [1.54, 1.807) is 11.3 Å². The van der Waals surface area contributed by atoms with Crippen LogP contribution >= 0.6 is 11.3 Å². The number of nitrogens with zero attached hydrogens (tertiary/aromatic N) is 2. The topological polar surface area (TPSA) is 23.6 Å². The lowest BCUT2D eigenvalue weighted by Crippen LogP contribution is -2.48. The SMILES string of the molecule is CN(C)C[C@H]1CCCCN1C(=O)c1cc2ccccc2s1. The molecule has 21 heavy (non-hydrogen) atoms. The van der Waals surface area contributed by atoms with Crippen LogP contribution in [0.1, 0.15) is 28.9 Å². The molecule has 3 nitrogen and oxygen atoms in total. The zero-order valence-corrected chi connectivity index (χ0v) is 13.5. The van der Waals surface area contributed by atoms with Crippen molar-refractivity contribution in [3.8, 4) is 0 Å². The summed E-state index contributed by atoms with van der Waals surface area (Å²) in [7, 11) is 4.16. The van der Waals surface area contributed by atoms with E-state index in [1.807, 2.05) is 18.2 Å². The molecular formula is C17H22N2OS. The van der Waals surface area contributed by atoms with Crippen LogP contribution in [-0.4, -0.2) is 48.9 Å². The number of amides is 1. The van der Waals surface area contributed by atoms with Crippen molar-refractivity contribution in [1.82, 2.24) is 9.80 Å². The predicted octanol–water partition coefficient (Wildman–Crippen LogP) is 3.46. The smallest absolute Gasteiger partial charge is 0.264 e. The summed E-state index contributed by atoms with van der Waals surface area (Å²) in [4.78, 5) is 18.0. The molecule has 1 aromatic heterocycles. The highest BCUT2D eigenvalue weighted by Gasteiger charge is 2.28. The third-order valence-corrected chi connectivity index (χ3v) is 5.20. The number of likely N-dealkylation sites (tertiary alicyclic amines) is 1. The summed E-state index contributed by atoms with van der Waals surface area (Å²) in [6, 6.07) is 10.6. The Balaban J connectivity index is 1.84. The first-order chi connectivity index (χ1) is 10.1. The standard InChI is InChI=1S/C17H22N2OS/c1-18(2)12-14-8-5-6-10-19(14)17(20)16-11-13-7-3-4-9-15(13)21-16/h3-4,7,9,11,14H,5-6,8,10,12H2,1-2H3/t14-/m1/s1. The van der Waals surface area contributed by atoms with Crippen LogP contribution in [-0.2, 0) is 0 Å². The Morgan fingerprint density at radius 1 is 1.33 bits per heavy atom. The van der Waals surface area contributed by atoms with E-state index in [0.29, 0.717) is 6.04 Å². The lowest BCUT2D eigenvalue weighted by atomic mass is 10.0. The van der Waals surface area contributed by atoms with E-state index in [0.717, 1.165) is 30.8 Å². The minimum absolute atomic E-state index is 0.211. The molecule has 2 aromatic rings. The molecule has 2 heterocycles. The largest absolute Gasteiger partial charge is 0.334 e. The molecule has 0 bridgehead atoms. The van der Waals surface area contributed by atoms with Crippen molar-refractivity contribution in [2.45, 2.75) is 25.3 Å². The maximum Gasteiger partial charge on any atom is 0.264 e. The van der Waals surface area contributed by atoms with Gasteiger partial charge < -0.3 is 9.80 Å². The molecule has 0 radical (unpaired) electrons. The van der Waals surface area contributed by atoms with Crippen molar-refractivity contribution in [3.05, 3.63) is 35.2 Å². The van der Waals surface area contributed by atoms with Crippen LogP contribution in [0.3, 0.4) is 0 Å². The number of fused-ring (bicyclic) bond motifs is 1. The molecule has 3 rings (SSSR count). The highest BCUT2D eigenvalue weighted by Crippen LogP contribution is 2.28. The zero-order chi connectivity index (χ0) is 14.8. The summed E-state index contributed by atoms with van der Waals surface area (Å²) in [6.45, 7) is 1.85. The van der Waals surface area contributed by atoms with Gasteiger partial charge in [0, 0.05) is 23.8 Å². The molecule has 1 atom stereocenters. The van der Waals surface area contributed by atoms with E-state index in [-0.39, 0.29) is 5.91 Å². The van der Waals surface area contributed by atoms with Crippen LogP contribution < -0.4 is 0 Å². The van der Waals surface area contributed by atoms with Gasteiger partial charge in [0.25, 0.3) is 5.91 Å². The molecule has 0 aliphatic carbocycles. The van der Waals surface area contributed by atoms with Crippen molar-refractivity contribution < 1.29 is 4.79 Å². The van der Waals surface area contributed by atoms with E-state index >= 15 is 0 Å². The summed E-state index contributed by atoms with van der Waals surface area (Å²) in [6.07, 6.45) is 3.48. The maximum atomic E-state index is 12.9. The fraction of sp³-hybridized carbons (Fsp3) is 0.471. The highest BCUT2D eigenvalue weighted by molar-refractivity contribution is 7.20. The second kappa shape index (κ2) is 6.16. The van der Waals surface area contributed by atoms with Gasteiger partial charge in [-0.15, -0.1) is 11.3 Å². The first-order valence-corrected chi connectivity index (χ1v) is 8.41. The molecule has 0 unspecified atom stereocenters. The predicted molar refractivity (Wildman–Crippen MR) is 89.1 cm³/mol. The number of benzene rings is 1. The highest BCUT2D eigenvalue weighted by atomic mass is 32.1. The minimum Gasteiger partial charge on any atom is -0.334 e. The number of carbonyl (C=O) groups excluding carboxylic acids is 1. The normalized spacial score (nSPS) is 19.4. The van der Waals surface area contributed by atoms with Crippen LogP contribution in [0.4, 0.5) is 0 Å². The Bertz CT molecular complexity index is 602. The van der Waals surface area contributed by atoms with Gasteiger partial charge in [-0.2, -0.15) is 0 Å². The van der Waals surface area contributed by atoms with Gasteiger partial charge in [0.1, 0.15) is 0 Å². The molecular weight excluding hydrogens is 280 g/mol. The molecule has 1 aromatic carbocycles. The third kappa shape index (κ3) is 3.11. The molecule has 0 spiro atoms. The van der Waals surface area contributed by atoms with Crippen LogP contribution in [0, 0.1) is 0 Å². The van der Waals surface area contributed by atoms with Gasteiger partial charge in [-0.25, -0.2) is 0 Å². The fourth-order valence-corrected chi connectivity index (χ4v) is 4.13. The first-order valence-electron chi connectivity index (χ1n) is 7.59. The van der Waals surface area contributed by atoms with Gasteiger partial charge in [-0.3, -0.25) is 4.79 Å². The number of thiophene rings is 1. The average molecular weight is 302 g/mol. The van der Waals surface area contributed by atoms with E-state index < -0.39 is 0 Å². The van der Waals surface area contributed by atoms with Crippen LogP contribution in [0.2, 0.25) is 0 Å². The summed E-state index contributed by atoms with van der Waals surface area (Å²) >= 11 is 1.62. The zero-order valence-electron chi connectivity index (χ0n) is 12.7. The number of carbonyl (C=O) groups is 1. The Morgan fingerprint density at radius 2 is 2.14 bits per heavy atom. The molecule has 0 saturated carbocycles. The molecule has 112 valence electrons. The summed E-state index contributed by atoms with van der Waals surface area (Å²) in [5.74, 6) is 0.211. The van der Waals surface area contributed by atoms with Gasteiger partial charge in [-0.05, 0) is 50.9 Å². The van der Waals surface area contributed by atoms with Crippen LogP contribution in [0.15, 0.2) is 30.3 Å². The second-order valence-electron chi connectivity index (χ2n) is 6.06. The molecule has 1 amide bonds. The number of hydrogen-bond acceptors (Lipinski definition) is 3. The van der Waals surface area contributed by atoms with Gasteiger partial charge >= 0.3 is 0 Å². The molecule has 1 aliphatic heterocycles. The number of likely N-dealkylation sites (N-methyl/N-ethyl adjacent to an activating group) is 1. The Hall–Kier alpha value is -1.39. The van der Waals surface area contributed by atoms with E-state index in [9.17, 15) is 4.79 Å². The third-order valence-electron chi connectivity index (χ3n) is 4.10. The van der Waals surface area contributed by atoms with Crippen molar-refractivity contribution in [1.29, 1.82) is 0 Å². The van der Waals surface area contributed by atoms with E-state index in [1.165, 1.54) is 16.5 Å². The van der Waals surface area contributed by atoms with Crippen molar-refractivity contribution in [3.63, 3.8) is 0 Å². The van der Waals surface area contributed by atoms with Crippen molar-refractivity contribution in [2.24, 2.45) is 0 Å². The van der Waals surface area contributed by atoms with Crippen LogP contribution in [0.25, 0.3) is 10.1 Å². The van der Waals surface area contributed by atoms with Gasteiger partial charge in [0.15, 0.2) is 0 Å². The quantitative estimate of drug-likeness (QED) is 0.867. The minimum atomic E-state index is 0.211. The number of piperidine rings is 1. The molecule has 0 N–H and O–H groups in total. The monoisotopic (exact) mass is 302 g/mol. The number of hydrogen-bond donors (Lipinski definition) is 0. The Kier molecular flexibility index (Phi) is 4.27. The molecule has 4 heteroatoms. The Morgan fingerprint density at radius 3 is 2.90 bits per heavy atom. The average Bonchev–Trinajstić information content (AvgIpc) is 2.90. The molecule has 1 fully saturated rings. The molecule has 1 saturated heterocycles. The lowest BCUT2D eigenvalue weighted by molar-refractivity contribution is 0.0580. The van der Waals surface area contributed by atoms with Gasteiger partial charge in [-0.1, -0.05) is 18.2 Å². The van der Waals surface area contributed by atoms with Crippen molar-refractivity contribution in [2.75, 3.05) is 27.2 Å². The maximum absolute atomic E-state index is 12.9. The summed E-state index contributed by atoms with van der Waals surface area (Å²) in [5.41, 5.74) is 0. The number of rotatable bonds is 3. The van der Waals surface area contributed by atoms with Gasteiger partial charge in [0.2, 0.25) is 0 Å². The van der Waals surface area contributed by atoms with Crippen molar-refractivity contribution >= 4 is 27.3 Å². The van der Waals surface area contributed by atoms with Crippen LogP contribution in [0.5, 0.6) is 0 Å².